The zero-order valence-electron chi connectivity index (χ0n) is 13.8. The summed E-state index contributed by atoms with van der Waals surface area (Å²) in [7, 11) is 0. The number of carbonyl (C=O) groups is 2. The number of hydrogen-bond donors (Lipinski definition) is 1. The Kier molecular flexibility index (Phi) is 5.98. The van der Waals surface area contributed by atoms with Crippen molar-refractivity contribution in [3.05, 3.63) is 51.9 Å². The molecule has 7 heteroatoms. The van der Waals surface area contributed by atoms with E-state index in [1.54, 1.807) is 13.0 Å². The number of esters is 1. The summed E-state index contributed by atoms with van der Waals surface area (Å²) in [5.41, 5.74) is 1.51. The fourth-order valence-electron chi connectivity index (χ4n) is 2.12. The lowest BCUT2D eigenvalue weighted by Gasteiger charge is -2.08. The molecule has 1 aromatic heterocycles. The van der Waals surface area contributed by atoms with Crippen molar-refractivity contribution in [3.63, 3.8) is 0 Å². The normalized spacial score (nSPS) is 10.7. The number of hydrogen-bond acceptors (Lipinski definition) is 5. The maximum Gasteiger partial charge on any atom is 0.344 e. The molecule has 1 N–H and O–H groups in total. The molecule has 0 aliphatic rings. The van der Waals surface area contributed by atoms with Gasteiger partial charge in [-0.05, 0) is 18.6 Å². The van der Waals surface area contributed by atoms with Gasteiger partial charge in [-0.1, -0.05) is 48.8 Å². The second kappa shape index (κ2) is 7.97. The molecule has 6 nitrogen and oxygen atoms in total. The van der Waals surface area contributed by atoms with Crippen molar-refractivity contribution < 1.29 is 18.8 Å². The molecule has 0 aliphatic carbocycles. The van der Waals surface area contributed by atoms with Crippen molar-refractivity contribution in [2.45, 2.75) is 33.2 Å². The second-order valence-corrected chi connectivity index (χ2v) is 6.01. The number of carbonyl (C=O) groups excluding carboxylic acids is 2. The molecule has 0 saturated carbocycles. The topological polar surface area (TPSA) is 81.4 Å². The van der Waals surface area contributed by atoms with Gasteiger partial charge in [0, 0.05) is 17.5 Å². The Balaban J connectivity index is 1.89. The van der Waals surface area contributed by atoms with Gasteiger partial charge in [0.05, 0.1) is 5.69 Å². The van der Waals surface area contributed by atoms with Crippen LogP contribution in [0.1, 0.15) is 47.1 Å². The van der Waals surface area contributed by atoms with Gasteiger partial charge in [-0.2, -0.15) is 0 Å². The van der Waals surface area contributed by atoms with Crippen molar-refractivity contribution in [1.29, 1.82) is 0 Å². The number of aromatic nitrogens is 1. The summed E-state index contributed by atoms with van der Waals surface area (Å²) < 4.78 is 10.2. The molecule has 1 amide bonds. The molecule has 24 heavy (non-hydrogen) atoms. The van der Waals surface area contributed by atoms with E-state index in [0.717, 1.165) is 5.56 Å². The van der Waals surface area contributed by atoms with Gasteiger partial charge < -0.3 is 14.6 Å². The fraction of sp³-hybridized carbons (Fsp3) is 0.353. The number of amides is 1. The van der Waals surface area contributed by atoms with E-state index in [1.807, 2.05) is 32.0 Å². The zero-order chi connectivity index (χ0) is 17.7. The van der Waals surface area contributed by atoms with Crippen molar-refractivity contribution in [2.24, 2.45) is 0 Å². The minimum Gasteiger partial charge on any atom is -0.452 e. The van der Waals surface area contributed by atoms with Crippen LogP contribution in [-0.2, 0) is 16.1 Å². The predicted molar refractivity (Wildman–Crippen MR) is 88.9 cm³/mol. The van der Waals surface area contributed by atoms with Crippen LogP contribution in [0.2, 0.25) is 5.02 Å². The average Bonchev–Trinajstić information content (AvgIpc) is 2.94. The van der Waals surface area contributed by atoms with E-state index in [-0.39, 0.29) is 24.6 Å². The molecule has 0 radical (unpaired) electrons. The van der Waals surface area contributed by atoms with Crippen LogP contribution in [0.15, 0.2) is 28.8 Å². The van der Waals surface area contributed by atoms with Crippen LogP contribution in [0.25, 0.3) is 0 Å². The third kappa shape index (κ3) is 4.35. The third-order valence-electron chi connectivity index (χ3n) is 3.39. The highest BCUT2D eigenvalue weighted by atomic mass is 35.5. The van der Waals surface area contributed by atoms with Crippen molar-refractivity contribution >= 4 is 23.5 Å². The lowest BCUT2D eigenvalue weighted by atomic mass is 10.1. The number of aryl methyl sites for hydroxylation is 1. The van der Waals surface area contributed by atoms with E-state index >= 15 is 0 Å². The maximum atomic E-state index is 12.2. The molecule has 0 spiro atoms. The summed E-state index contributed by atoms with van der Waals surface area (Å²) in [4.78, 5) is 24.0. The Bertz CT molecular complexity index is 740. The van der Waals surface area contributed by atoms with Gasteiger partial charge in [-0.3, -0.25) is 4.79 Å². The third-order valence-corrected chi connectivity index (χ3v) is 3.75. The van der Waals surface area contributed by atoms with Gasteiger partial charge in [0.1, 0.15) is 5.56 Å². The lowest BCUT2D eigenvalue weighted by molar-refractivity contribution is -0.124. The Hall–Kier alpha value is -2.34. The van der Waals surface area contributed by atoms with Crippen LogP contribution < -0.4 is 5.32 Å². The summed E-state index contributed by atoms with van der Waals surface area (Å²) in [6.07, 6.45) is 0. The van der Waals surface area contributed by atoms with E-state index < -0.39 is 11.9 Å². The van der Waals surface area contributed by atoms with Crippen LogP contribution in [0, 0.1) is 6.92 Å². The quantitative estimate of drug-likeness (QED) is 0.809. The highest BCUT2D eigenvalue weighted by Crippen LogP contribution is 2.22. The smallest absolute Gasteiger partial charge is 0.344 e. The summed E-state index contributed by atoms with van der Waals surface area (Å²) in [6, 6.07) is 7.19. The summed E-state index contributed by atoms with van der Waals surface area (Å²) in [5.74, 6) is -0.592. The molecule has 0 saturated heterocycles. The number of ether oxygens (including phenoxy) is 1. The molecule has 0 atom stereocenters. The standard InChI is InChI=1S/C17H19ClN2O4/c1-10(2)16-15(11(3)20-24-16)17(22)23-9-14(21)19-8-12-6-4-5-7-13(12)18/h4-7,10H,8-9H2,1-3H3,(H,19,21). The molecule has 0 bridgehead atoms. The molecule has 0 unspecified atom stereocenters. The van der Waals surface area contributed by atoms with Gasteiger partial charge in [0.25, 0.3) is 5.91 Å². The Morgan fingerprint density at radius 3 is 2.71 bits per heavy atom. The predicted octanol–water partition coefficient (Wildman–Crippen LogP) is 3.23. The second-order valence-electron chi connectivity index (χ2n) is 5.61. The highest BCUT2D eigenvalue weighted by Gasteiger charge is 2.24. The summed E-state index contributed by atoms with van der Waals surface area (Å²) in [6.45, 7) is 5.30. The first-order valence-corrected chi connectivity index (χ1v) is 7.91. The van der Waals surface area contributed by atoms with Crippen LogP contribution in [-0.4, -0.2) is 23.6 Å². The molecule has 128 valence electrons. The van der Waals surface area contributed by atoms with Crippen LogP contribution >= 0.6 is 11.6 Å². The number of benzene rings is 1. The first-order valence-electron chi connectivity index (χ1n) is 7.53. The van der Waals surface area contributed by atoms with E-state index in [4.69, 9.17) is 20.9 Å². The summed E-state index contributed by atoms with van der Waals surface area (Å²) in [5, 5.41) is 7.00. The van der Waals surface area contributed by atoms with Crippen LogP contribution in [0.3, 0.4) is 0 Å². The molecular weight excluding hydrogens is 332 g/mol. The Morgan fingerprint density at radius 2 is 2.04 bits per heavy atom. The molecule has 1 heterocycles. The summed E-state index contributed by atoms with van der Waals surface area (Å²) >= 11 is 6.01. The van der Waals surface area contributed by atoms with Crippen molar-refractivity contribution in [3.8, 4) is 0 Å². The fourth-order valence-corrected chi connectivity index (χ4v) is 2.32. The molecule has 2 aromatic rings. The van der Waals surface area contributed by atoms with Gasteiger partial charge >= 0.3 is 5.97 Å². The lowest BCUT2D eigenvalue weighted by Crippen LogP contribution is -2.28. The van der Waals surface area contributed by atoms with Crippen molar-refractivity contribution in [1.82, 2.24) is 10.5 Å². The van der Waals surface area contributed by atoms with Gasteiger partial charge in [0.15, 0.2) is 12.4 Å². The first-order chi connectivity index (χ1) is 11.4. The number of halogens is 1. The van der Waals surface area contributed by atoms with Gasteiger partial charge in [-0.15, -0.1) is 0 Å². The SMILES string of the molecule is Cc1noc(C(C)C)c1C(=O)OCC(=O)NCc1ccccc1Cl. The zero-order valence-corrected chi connectivity index (χ0v) is 14.5. The largest absolute Gasteiger partial charge is 0.452 e. The molecule has 0 fully saturated rings. The molecule has 2 rings (SSSR count). The van der Waals surface area contributed by atoms with Gasteiger partial charge in [0.2, 0.25) is 0 Å². The van der Waals surface area contributed by atoms with E-state index in [1.165, 1.54) is 0 Å². The average molecular weight is 351 g/mol. The van der Waals surface area contributed by atoms with Crippen molar-refractivity contribution in [2.75, 3.05) is 6.61 Å². The molecule has 1 aromatic carbocycles. The first kappa shape index (κ1) is 18.0. The Labute approximate surface area is 145 Å². The maximum absolute atomic E-state index is 12.2. The minimum absolute atomic E-state index is 0.0113. The highest BCUT2D eigenvalue weighted by molar-refractivity contribution is 6.31. The van der Waals surface area contributed by atoms with Gasteiger partial charge in [-0.25, -0.2) is 4.79 Å². The van der Waals surface area contributed by atoms with E-state index in [0.29, 0.717) is 16.5 Å². The van der Waals surface area contributed by atoms with E-state index in [2.05, 4.69) is 10.5 Å². The Morgan fingerprint density at radius 1 is 1.33 bits per heavy atom. The molecular formula is C17H19ClN2O4. The number of rotatable bonds is 6. The number of nitrogens with one attached hydrogen (secondary N) is 1. The monoisotopic (exact) mass is 350 g/mol. The minimum atomic E-state index is -0.620. The molecule has 0 aliphatic heterocycles. The van der Waals surface area contributed by atoms with E-state index in [9.17, 15) is 9.59 Å². The van der Waals surface area contributed by atoms with Crippen LogP contribution in [0.5, 0.6) is 0 Å². The number of nitrogens with zero attached hydrogens (tertiary/aromatic N) is 1. The van der Waals surface area contributed by atoms with Crippen LogP contribution in [0.4, 0.5) is 0 Å².